The number of amides is 2. The zero-order valence-corrected chi connectivity index (χ0v) is 24.5. The molecular weight excluding hydrogens is 553 g/mol. The second-order valence-electron chi connectivity index (χ2n) is 9.87. The second-order valence-corrected chi connectivity index (χ2v) is 12.2. The first-order chi connectivity index (χ1) is 19.0. The summed E-state index contributed by atoms with van der Waals surface area (Å²) in [6.45, 7) is 3.68. The maximum absolute atomic E-state index is 14.4. The molecule has 40 heavy (non-hydrogen) atoms. The van der Waals surface area contributed by atoms with Crippen LogP contribution in [0.5, 0.6) is 0 Å². The molecule has 3 aromatic rings. The average Bonchev–Trinajstić information content (AvgIpc) is 2.89. The fourth-order valence-corrected chi connectivity index (χ4v) is 5.54. The van der Waals surface area contributed by atoms with Gasteiger partial charge in [-0.3, -0.25) is 13.9 Å². The quantitative estimate of drug-likeness (QED) is 0.298. The van der Waals surface area contributed by atoms with Crippen LogP contribution in [-0.2, 0) is 32.6 Å². The van der Waals surface area contributed by atoms with Crippen LogP contribution in [0.15, 0.2) is 78.9 Å². The summed E-state index contributed by atoms with van der Waals surface area (Å²) in [4.78, 5) is 28.7. The van der Waals surface area contributed by atoms with E-state index in [9.17, 15) is 22.4 Å². The van der Waals surface area contributed by atoms with E-state index in [-0.39, 0.29) is 55.9 Å². The van der Waals surface area contributed by atoms with Gasteiger partial charge in [-0.2, -0.15) is 0 Å². The molecule has 2 amide bonds. The van der Waals surface area contributed by atoms with Crippen molar-refractivity contribution in [2.45, 2.75) is 51.7 Å². The summed E-state index contributed by atoms with van der Waals surface area (Å²) < 4.78 is 40.3. The summed E-state index contributed by atoms with van der Waals surface area (Å²) in [6, 6.07) is 21.1. The molecule has 0 aliphatic heterocycles. The van der Waals surface area contributed by atoms with Crippen molar-refractivity contribution in [3.63, 3.8) is 0 Å². The lowest BCUT2D eigenvalue weighted by atomic mass is 10.0. The van der Waals surface area contributed by atoms with E-state index >= 15 is 0 Å². The molecule has 0 saturated heterocycles. The minimum absolute atomic E-state index is 0.0643. The normalized spacial score (nSPS) is 12.2. The lowest BCUT2D eigenvalue weighted by molar-refractivity contribution is -0.141. The number of nitrogens with zero attached hydrogens (tertiary/aromatic N) is 2. The number of benzene rings is 3. The van der Waals surface area contributed by atoms with Crippen molar-refractivity contribution < 1.29 is 22.4 Å². The SMILES string of the molecule is CC(C)NC(=O)C(Cc1ccccc1)N(Cc1ccccc1Cl)C(=O)CCCN(c1ccccc1F)S(C)(=O)=O. The van der Waals surface area contributed by atoms with Crippen LogP contribution in [0.1, 0.15) is 37.8 Å². The van der Waals surface area contributed by atoms with Crippen molar-refractivity contribution in [2.75, 3.05) is 17.1 Å². The molecule has 0 aromatic heterocycles. The molecule has 0 aliphatic carbocycles. The fourth-order valence-electron chi connectivity index (χ4n) is 4.38. The van der Waals surface area contributed by atoms with Gasteiger partial charge in [-0.25, -0.2) is 12.8 Å². The highest BCUT2D eigenvalue weighted by molar-refractivity contribution is 7.92. The molecule has 0 radical (unpaired) electrons. The van der Waals surface area contributed by atoms with Gasteiger partial charge in [-0.15, -0.1) is 0 Å². The summed E-state index contributed by atoms with van der Waals surface area (Å²) >= 11 is 6.43. The predicted octanol–water partition coefficient (Wildman–Crippen LogP) is 5.19. The van der Waals surface area contributed by atoms with Crippen LogP contribution in [0.4, 0.5) is 10.1 Å². The van der Waals surface area contributed by atoms with Gasteiger partial charge in [0.05, 0.1) is 11.9 Å². The third kappa shape index (κ3) is 8.79. The number of sulfonamides is 1. The van der Waals surface area contributed by atoms with Crippen LogP contribution in [0.3, 0.4) is 0 Å². The summed E-state index contributed by atoms with van der Waals surface area (Å²) in [7, 11) is -3.81. The van der Waals surface area contributed by atoms with Crippen LogP contribution >= 0.6 is 11.6 Å². The molecule has 0 aliphatic rings. The smallest absolute Gasteiger partial charge is 0.243 e. The molecule has 214 valence electrons. The second kappa shape index (κ2) is 14.3. The van der Waals surface area contributed by atoms with Crippen molar-refractivity contribution in [1.29, 1.82) is 0 Å². The van der Waals surface area contributed by atoms with E-state index < -0.39 is 21.9 Å². The van der Waals surface area contributed by atoms with Crippen LogP contribution in [0, 0.1) is 5.82 Å². The monoisotopic (exact) mass is 587 g/mol. The van der Waals surface area contributed by atoms with Gasteiger partial charge in [0.15, 0.2) is 0 Å². The van der Waals surface area contributed by atoms with Crippen molar-refractivity contribution in [2.24, 2.45) is 0 Å². The van der Waals surface area contributed by atoms with E-state index in [4.69, 9.17) is 11.6 Å². The number of hydrogen-bond donors (Lipinski definition) is 1. The highest BCUT2D eigenvalue weighted by atomic mass is 35.5. The molecule has 10 heteroatoms. The zero-order chi connectivity index (χ0) is 29.3. The van der Waals surface area contributed by atoms with Gasteiger partial charge in [-0.1, -0.05) is 72.3 Å². The number of anilines is 1. The van der Waals surface area contributed by atoms with Gasteiger partial charge in [0.2, 0.25) is 21.8 Å². The first-order valence-corrected chi connectivity index (χ1v) is 15.3. The third-order valence-electron chi connectivity index (χ3n) is 6.27. The van der Waals surface area contributed by atoms with Crippen molar-refractivity contribution in [3.8, 4) is 0 Å². The average molecular weight is 588 g/mol. The minimum Gasteiger partial charge on any atom is -0.352 e. The predicted molar refractivity (Wildman–Crippen MR) is 157 cm³/mol. The number of rotatable bonds is 13. The van der Waals surface area contributed by atoms with Gasteiger partial charge in [-0.05, 0) is 49.6 Å². The minimum atomic E-state index is -3.81. The Hall–Kier alpha value is -3.43. The van der Waals surface area contributed by atoms with Crippen molar-refractivity contribution in [1.82, 2.24) is 10.2 Å². The van der Waals surface area contributed by atoms with E-state index in [1.807, 2.05) is 50.2 Å². The van der Waals surface area contributed by atoms with E-state index in [0.717, 1.165) is 16.1 Å². The Kier molecular flexibility index (Phi) is 11.1. The molecule has 0 spiro atoms. The highest BCUT2D eigenvalue weighted by Gasteiger charge is 2.31. The summed E-state index contributed by atoms with van der Waals surface area (Å²) in [5, 5.41) is 3.39. The molecule has 1 unspecified atom stereocenters. The third-order valence-corrected chi connectivity index (χ3v) is 7.82. The fraction of sp³-hybridized carbons (Fsp3) is 0.333. The summed E-state index contributed by atoms with van der Waals surface area (Å²) in [5.41, 5.74) is 1.48. The Bertz CT molecular complexity index is 1400. The largest absolute Gasteiger partial charge is 0.352 e. The van der Waals surface area contributed by atoms with Gasteiger partial charge in [0, 0.05) is 37.0 Å². The van der Waals surface area contributed by atoms with E-state index in [1.54, 1.807) is 24.3 Å². The Morgan fingerprint density at radius 2 is 1.57 bits per heavy atom. The van der Waals surface area contributed by atoms with Crippen molar-refractivity contribution in [3.05, 3.63) is 101 Å². The Morgan fingerprint density at radius 1 is 0.950 bits per heavy atom. The van der Waals surface area contributed by atoms with Gasteiger partial charge in [0.1, 0.15) is 11.9 Å². The summed E-state index contributed by atoms with van der Waals surface area (Å²) in [6.07, 6.45) is 1.33. The topological polar surface area (TPSA) is 86.8 Å². The van der Waals surface area contributed by atoms with Gasteiger partial charge in [0.25, 0.3) is 0 Å². The molecule has 7 nitrogen and oxygen atoms in total. The summed E-state index contributed by atoms with van der Waals surface area (Å²) in [5.74, 6) is -1.32. The maximum atomic E-state index is 14.4. The van der Waals surface area contributed by atoms with E-state index in [2.05, 4.69) is 5.32 Å². The molecule has 1 atom stereocenters. The van der Waals surface area contributed by atoms with E-state index in [1.165, 1.54) is 23.1 Å². The molecular formula is C30H35ClFN3O4S. The van der Waals surface area contributed by atoms with Crippen LogP contribution in [0.25, 0.3) is 0 Å². The lowest BCUT2D eigenvalue weighted by Gasteiger charge is -2.32. The van der Waals surface area contributed by atoms with Crippen LogP contribution in [0.2, 0.25) is 5.02 Å². The number of carbonyl (C=O) groups excluding carboxylic acids is 2. The lowest BCUT2D eigenvalue weighted by Crippen LogP contribution is -2.51. The number of hydrogen-bond acceptors (Lipinski definition) is 4. The molecule has 3 rings (SSSR count). The highest BCUT2D eigenvalue weighted by Crippen LogP contribution is 2.24. The molecule has 3 aromatic carbocycles. The van der Waals surface area contributed by atoms with Crippen LogP contribution in [-0.4, -0.2) is 50.0 Å². The maximum Gasteiger partial charge on any atom is 0.243 e. The van der Waals surface area contributed by atoms with Gasteiger partial charge < -0.3 is 10.2 Å². The number of halogens is 2. The number of nitrogens with one attached hydrogen (secondary N) is 1. The first-order valence-electron chi connectivity index (χ1n) is 13.1. The van der Waals surface area contributed by atoms with E-state index in [0.29, 0.717) is 10.6 Å². The van der Waals surface area contributed by atoms with Gasteiger partial charge >= 0.3 is 0 Å². The van der Waals surface area contributed by atoms with Crippen LogP contribution < -0.4 is 9.62 Å². The standard InChI is InChI=1S/C30H35ClFN3O4S/c1-22(2)33-30(37)28(20-23-12-5-4-6-13-23)34(21-24-14-7-8-15-25(24)31)29(36)18-11-19-35(40(3,38)39)27-17-10-9-16-26(27)32/h4-10,12-17,22,28H,11,18-21H2,1-3H3,(H,33,37). The zero-order valence-electron chi connectivity index (χ0n) is 22.9. The Morgan fingerprint density at radius 3 is 2.20 bits per heavy atom. The Labute approximate surface area is 241 Å². The number of carbonyl (C=O) groups is 2. The molecule has 1 N–H and O–H groups in total. The number of para-hydroxylation sites is 1. The Balaban J connectivity index is 1.90. The van der Waals surface area contributed by atoms with Crippen molar-refractivity contribution >= 4 is 39.1 Å². The first kappa shape index (κ1) is 31.1. The molecule has 0 fully saturated rings. The molecule has 0 heterocycles. The molecule has 0 bridgehead atoms. The molecule has 0 saturated carbocycles.